The second kappa shape index (κ2) is 6.78. The maximum atomic E-state index is 13.1. The number of amides is 1. The molecule has 1 aromatic heterocycles. The van der Waals surface area contributed by atoms with Crippen LogP contribution in [0.15, 0.2) is 35.0 Å². The third-order valence-corrected chi connectivity index (χ3v) is 3.89. The predicted octanol–water partition coefficient (Wildman–Crippen LogP) is 3.06. The zero-order chi connectivity index (χ0) is 15.4. The monoisotopic (exact) mass is 310 g/mol. The number of carbonyl (C=O) groups is 1. The fourth-order valence-corrected chi connectivity index (χ4v) is 2.70. The molecule has 0 aliphatic carbocycles. The molecule has 0 radical (unpaired) electrons. The number of carbonyl (C=O) groups excluding carboxylic acids is 1. The summed E-state index contributed by atoms with van der Waals surface area (Å²) in [5.74, 6) is -2.41. The van der Waals surface area contributed by atoms with Gasteiger partial charge < -0.3 is 10.2 Å². The molecular weight excluding hydrogens is 294 g/mol. The fourth-order valence-electron chi connectivity index (χ4n) is 1.99. The molecule has 1 atom stereocenters. The molecule has 0 bridgehead atoms. The largest absolute Gasteiger partial charge is 0.350 e. The number of hydrogen-bond acceptors (Lipinski definition) is 3. The van der Waals surface area contributed by atoms with Crippen molar-refractivity contribution < 1.29 is 13.6 Å². The van der Waals surface area contributed by atoms with E-state index >= 15 is 0 Å². The van der Waals surface area contributed by atoms with Crippen molar-refractivity contribution in [3.05, 3.63) is 57.8 Å². The highest BCUT2D eigenvalue weighted by atomic mass is 32.1. The fraction of sp³-hybridized carbons (Fsp3) is 0.267. The van der Waals surface area contributed by atoms with Crippen LogP contribution in [0.5, 0.6) is 0 Å². The maximum absolute atomic E-state index is 13.1. The molecule has 0 aliphatic heterocycles. The van der Waals surface area contributed by atoms with Crippen molar-refractivity contribution in [2.24, 2.45) is 0 Å². The van der Waals surface area contributed by atoms with E-state index in [1.807, 2.05) is 35.8 Å². The topological polar surface area (TPSA) is 32.3 Å². The van der Waals surface area contributed by atoms with Gasteiger partial charge in [-0.25, -0.2) is 8.78 Å². The van der Waals surface area contributed by atoms with Crippen LogP contribution in [0.4, 0.5) is 8.78 Å². The summed E-state index contributed by atoms with van der Waals surface area (Å²) in [6, 6.07) is 5.15. The van der Waals surface area contributed by atoms with Crippen LogP contribution in [0.1, 0.15) is 22.0 Å². The molecule has 0 unspecified atom stereocenters. The maximum Gasteiger partial charge on any atom is 0.251 e. The van der Waals surface area contributed by atoms with E-state index in [0.29, 0.717) is 6.54 Å². The predicted molar refractivity (Wildman–Crippen MR) is 79.4 cm³/mol. The Balaban J connectivity index is 2.03. The molecule has 1 amide bonds. The van der Waals surface area contributed by atoms with Gasteiger partial charge in [-0.05, 0) is 54.7 Å². The Bertz CT molecular complexity index is 614. The lowest BCUT2D eigenvalue weighted by Crippen LogP contribution is -2.34. The van der Waals surface area contributed by atoms with E-state index in [1.54, 1.807) is 11.3 Å². The molecule has 0 saturated heterocycles. The molecule has 0 saturated carbocycles. The zero-order valence-electron chi connectivity index (χ0n) is 11.8. The van der Waals surface area contributed by atoms with Gasteiger partial charge in [-0.15, -0.1) is 0 Å². The Kier molecular flexibility index (Phi) is 5.03. The van der Waals surface area contributed by atoms with Gasteiger partial charge in [0.1, 0.15) is 0 Å². The van der Waals surface area contributed by atoms with Gasteiger partial charge in [0.25, 0.3) is 5.91 Å². The normalized spacial score (nSPS) is 12.4. The van der Waals surface area contributed by atoms with Gasteiger partial charge in [0.05, 0.1) is 6.04 Å². The molecule has 1 aromatic carbocycles. The highest BCUT2D eigenvalue weighted by Crippen LogP contribution is 2.20. The molecule has 0 fully saturated rings. The average Bonchev–Trinajstić information content (AvgIpc) is 2.95. The molecule has 2 aromatic rings. The number of likely N-dealkylation sites (N-methyl/N-ethyl adjacent to an activating group) is 1. The quantitative estimate of drug-likeness (QED) is 0.920. The second-order valence-corrected chi connectivity index (χ2v) is 5.66. The lowest BCUT2D eigenvalue weighted by Gasteiger charge is -2.24. The number of rotatable bonds is 5. The van der Waals surface area contributed by atoms with Crippen LogP contribution in [-0.2, 0) is 0 Å². The zero-order valence-corrected chi connectivity index (χ0v) is 12.6. The molecule has 21 heavy (non-hydrogen) atoms. The minimum absolute atomic E-state index is 0.0329. The van der Waals surface area contributed by atoms with E-state index in [0.717, 1.165) is 17.7 Å². The van der Waals surface area contributed by atoms with Gasteiger partial charge in [0, 0.05) is 12.1 Å². The first kappa shape index (κ1) is 15.6. The van der Waals surface area contributed by atoms with E-state index in [4.69, 9.17) is 0 Å². The number of nitrogens with zero attached hydrogens (tertiary/aromatic N) is 1. The highest BCUT2D eigenvalue weighted by Gasteiger charge is 2.16. The summed E-state index contributed by atoms with van der Waals surface area (Å²) in [6.07, 6.45) is 0. The van der Waals surface area contributed by atoms with E-state index in [-0.39, 0.29) is 11.6 Å². The summed E-state index contributed by atoms with van der Waals surface area (Å²) >= 11 is 1.59. The number of thiophene rings is 1. The number of nitrogens with one attached hydrogen (secondary N) is 1. The van der Waals surface area contributed by atoms with Crippen molar-refractivity contribution in [2.45, 2.75) is 6.04 Å². The summed E-state index contributed by atoms with van der Waals surface area (Å²) in [6.45, 7) is 0.390. The first-order valence-electron chi connectivity index (χ1n) is 6.41. The molecule has 3 nitrogen and oxygen atoms in total. The Morgan fingerprint density at radius 2 is 2.05 bits per heavy atom. The van der Waals surface area contributed by atoms with Gasteiger partial charge in [-0.1, -0.05) is 0 Å². The standard InChI is InChI=1S/C15H16F2N2OS/c1-19(2)14(11-5-6-21-9-11)8-18-15(20)10-3-4-12(16)13(17)7-10/h3-7,9,14H,8H2,1-2H3,(H,18,20)/t14-/m1/s1. The second-order valence-electron chi connectivity index (χ2n) is 4.88. The van der Waals surface area contributed by atoms with Crippen LogP contribution in [0.25, 0.3) is 0 Å². The van der Waals surface area contributed by atoms with Gasteiger partial charge in [-0.2, -0.15) is 11.3 Å². The molecule has 1 heterocycles. The van der Waals surface area contributed by atoms with Crippen molar-refractivity contribution in [3.8, 4) is 0 Å². The Hall–Kier alpha value is -1.79. The van der Waals surface area contributed by atoms with Crippen LogP contribution in [0.3, 0.4) is 0 Å². The SMILES string of the molecule is CN(C)[C@H](CNC(=O)c1ccc(F)c(F)c1)c1ccsc1. The van der Waals surface area contributed by atoms with Crippen molar-refractivity contribution in [1.29, 1.82) is 0 Å². The van der Waals surface area contributed by atoms with Crippen LogP contribution in [0.2, 0.25) is 0 Å². The Morgan fingerprint density at radius 3 is 2.62 bits per heavy atom. The summed E-state index contributed by atoms with van der Waals surface area (Å²) in [7, 11) is 3.85. The average molecular weight is 310 g/mol. The molecule has 0 spiro atoms. The summed E-state index contributed by atoms with van der Waals surface area (Å²) in [5, 5.41) is 6.75. The van der Waals surface area contributed by atoms with E-state index in [1.165, 1.54) is 6.07 Å². The van der Waals surface area contributed by atoms with Gasteiger partial charge in [0.15, 0.2) is 11.6 Å². The number of halogens is 2. The molecule has 1 N–H and O–H groups in total. The first-order valence-corrected chi connectivity index (χ1v) is 7.35. The van der Waals surface area contributed by atoms with Crippen molar-refractivity contribution in [1.82, 2.24) is 10.2 Å². The summed E-state index contributed by atoms with van der Waals surface area (Å²) < 4.78 is 26.0. The Labute approximate surface area is 126 Å². The highest BCUT2D eigenvalue weighted by molar-refractivity contribution is 7.07. The van der Waals surface area contributed by atoms with Crippen LogP contribution >= 0.6 is 11.3 Å². The summed E-state index contributed by atoms with van der Waals surface area (Å²) in [4.78, 5) is 14.0. The van der Waals surface area contributed by atoms with Crippen molar-refractivity contribution in [2.75, 3.05) is 20.6 Å². The van der Waals surface area contributed by atoms with E-state index in [9.17, 15) is 13.6 Å². The van der Waals surface area contributed by atoms with Crippen molar-refractivity contribution in [3.63, 3.8) is 0 Å². The third kappa shape index (κ3) is 3.86. The van der Waals surface area contributed by atoms with E-state index < -0.39 is 17.5 Å². The Morgan fingerprint density at radius 1 is 1.29 bits per heavy atom. The molecule has 112 valence electrons. The molecular formula is C15H16F2N2OS. The minimum Gasteiger partial charge on any atom is -0.350 e. The first-order chi connectivity index (χ1) is 9.99. The minimum atomic E-state index is -1.02. The van der Waals surface area contributed by atoms with Gasteiger partial charge in [0.2, 0.25) is 0 Å². The lowest BCUT2D eigenvalue weighted by molar-refractivity contribution is 0.0941. The molecule has 0 aliphatic rings. The van der Waals surface area contributed by atoms with E-state index in [2.05, 4.69) is 5.32 Å². The van der Waals surface area contributed by atoms with Crippen LogP contribution in [-0.4, -0.2) is 31.4 Å². The molecule has 2 rings (SSSR count). The van der Waals surface area contributed by atoms with Crippen molar-refractivity contribution >= 4 is 17.2 Å². The number of benzene rings is 1. The van der Waals surface area contributed by atoms with Crippen LogP contribution < -0.4 is 5.32 Å². The molecule has 6 heteroatoms. The third-order valence-electron chi connectivity index (χ3n) is 3.19. The summed E-state index contributed by atoms with van der Waals surface area (Å²) in [5.41, 5.74) is 1.22. The van der Waals surface area contributed by atoms with Crippen LogP contribution in [0, 0.1) is 11.6 Å². The lowest BCUT2D eigenvalue weighted by atomic mass is 10.1. The number of hydrogen-bond donors (Lipinski definition) is 1. The van der Waals surface area contributed by atoms with Gasteiger partial charge >= 0.3 is 0 Å². The smallest absolute Gasteiger partial charge is 0.251 e. The van der Waals surface area contributed by atoms with Gasteiger partial charge in [-0.3, -0.25) is 4.79 Å².